The van der Waals surface area contributed by atoms with E-state index in [1.54, 1.807) is 18.3 Å². The highest BCUT2D eigenvalue weighted by atomic mass is 16.1. The molecular weight excluding hydrogens is 202 g/mol. The van der Waals surface area contributed by atoms with Crippen molar-refractivity contribution in [1.29, 1.82) is 5.26 Å². The zero-order chi connectivity index (χ0) is 11.4. The topological polar surface area (TPSA) is 65.8 Å². The van der Waals surface area contributed by atoms with E-state index >= 15 is 0 Å². The Bertz CT molecular complexity index is 572. The molecule has 1 heterocycles. The predicted octanol–water partition coefficient (Wildman–Crippen LogP) is 2.09. The number of hydrogen-bond acceptors (Lipinski definition) is 3. The Labute approximate surface area is 92.5 Å². The van der Waals surface area contributed by atoms with Crippen LogP contribution in [0, 0.1) is 11.3 Å². The van der Waals surface area contributed by atoms with Gasteiger partial charge in [0.05, 0.1) is 11.6 Å². The lowest BCUT2D eigenvalue weighted by molar-refractivity contribution is -0.115. The van der Waals surface area contributed by atoms with Gasteiger partial charge >= 0.3 is 0 Å². The van der Waals surface area contributed by atoms with Crippen molar-refractivity contribution in [3.63, 3.8) is 0 Å². The van der Waals surface area contributed by atoms with Gasteiger partial charge in [0, 0.05) is 17.3 Å². The van der Waals surface area contributed by atoms with Crippen molar-refractivity contribution >= 4 is 22.5 Å². The summed E-state index contributed by atoms with van der Waals surface area (Å²) in [6.45, 7) is 0. The number of carbonyl (C=O) groups is 1. The first kappa shape index (κ1) is 10.1. The maximum Gasteiger partial charge on any atom is 0.238 e. The van der Waals surface area contributed by atoms with Crippen LogP contribution in [-0.4, -0.2) is 10.9 Å². The van der Waals surface area contributed by atoms with Crippen molar-refractivity contribution < 1.29 is 4.79 Å². The fraction of sp³-hybridized carbons (Fsp3) is 0.0833. The van der Waals surface area contributed by atoms with Gasteiger partial charge in [0.2, 0.25) is 5.91 Å². The van der Waals surface area contributed by atoms with Crippen LogP contribution < -0.4 is 5.32 Å². The van der Waals surface area contributed by atoms with Gasteiger partial charge in [-0.2, -0.15) is 5.26 Å². The second kappa shape index (κ2) is 4.41. The van der Waals surface area contributed by atoms with Crippen LogP contribution in [0.2, 0.25) is 0 Å². The van der Waals surface area contributed by atoms with E-state index in [1.807, 2.05) is 24.3 Å². The number of rotatable bonds is 2. The number of pyridine rings is 1. The fourth-order valence-electron chi connectivity index (χ4n) is 1.43. The zero-order valence-corrected chi connectivity index (χ0v) is 8.47. The Morgan fingerprint density at radius 3 is 3.12 bits per heavy atom. The largest absolute Gasteiger partial charge is 0.325 e. The van der Waals surface area contributed by atoms with E-state index in [0.717, 1.165) is 10.9 Å². The number of anilines is 1. The Balaban J connectivity index is 2.26. The highest BCUT2D eigenvalue weighted by Crippen LogP contribution is 2.16. The number of nitrogens with zero attached hydrogens (tertiary/aromatic N) is 2. The molecule has 0 fully saturated rings. The lowest BCUT2D eigenvalue weighted by atomic mass is 10.2. The van der Waals surface area contributed by atoms with E-state index in [2.05, 4.69) is 10.3 Å². The number of aromatic nitrogens is 1. The minimum Gasteiger partial charge on any atom is -0.325 e. The second-order valence-corrected chi connectivity index (χ2v) is 3.29. The molecular formula is C12H9N3O. The third-order valence-corrected chi connectivity index (χ3v) is 2.13. The molecule has 2 rings (SSSR count). The Hall–Kier alpha value is -2.41. The number of hydrogen-bond donors (Lipinski definition) is 1. The second-order valence-electron chi connectivity index (χ2n) is 3.29. The molecule has 0 spiro atoms. The van der Waals surface area contributed by atoms with Gasteiger partial charge in [-0.3, -0.25) is 9.78 Å². The van der Waals surface area contributed by atoms with Gasteiger partial charge in [-0.15, -0.1) is 0 Å². The van der Waals surface area contributed by atoms with Crippen molar-refractivity contribution in [3.05, 3.63) is 36.5 Å². The average Bonchev–Trinajstić information content (AvgIpc) is 2.29. The van der Waals surface area contributed by atoms with Gasteiger partial charge in [-0.25, -0.2) is 0 Å². The van der Waals surface area contributed by atoms with Crippen LogP contribution in [0.1, 0.15) is 6.42 Å². The smallest absolute Gasteiger partial charge is 0.238 e. The Morgan fingerprint density at radius 1 is 1.44 bits per heavy atom. The summed E-state index contributed by atoms with van der Waals surface area (Å²) < 4.78 is 0. The number of fused-ring (bicyclic) bond motifs is 1. The maximum atomic E-state index is 11.2. The van der Waals surface area contributed by atoms with Gasteiger partial charge in [0.25, 0.3) is 0 Å². The first-order chi connectivity index (χ1) is 7.79. The fourth-order valence-corrected chi connectivity index (χ4v) is 1.43. The molecule has 0 atom stereocenters. The highest BCUT2D eigenvalue weighted by molar-refractivity contribution is 5.94. The normalized spacial score (nSPS) is 9.69. The van der Waals surface area contributed by atoms with Crippen LogP contribution in [0.5, 0.6) is 0 Å². The minimum absolute atomic E-state index is 0.134. The molecule has 1 aromatic heterocycles. The number of nitrogens with one attached hydrogen (secondary N) is 1. The molecule has 78 valence electrons. The quantitative estimate of drug-likeness (QED) is 0.827. The van der Waals surface area contributed by atoms with Gasteiger partial charge in [-0.1, -0.05) is 6.07 Å². The molecule has 0 saturated carbocycles. The Kier molecular flexibility index (Phi) is 2.79. The lowest BCUT2D eigenvalue weighted by Gasteiger charge is -2.03. The maximum absolute atomic E-state index is 11.2. The van der Waals surface area contributed by atoms with E-state index in [-0.39, 0.29) is 12.3 Å². The molecule has 0 aliphatic carbocycles. The molecule has 0 unspecified atom stereocenters. The van der Waals surface area contributed by atoms with Gasteiger partial charge < -0.3 is 5.32 Å². The molecule has 1 aromatic carbocycles. The molecule has 0 aliphatic heterocycles. The summed E-state index contributed by atoms with van der Waals surface area (Å²) in [7, 11) is 0. The van der Waals surface area contributed by atoms with Crippen LogP contribution in [-0.2, 0) is 4.79 Å². The average molecular weight is 211 g/mol. The molecule has 2 aromatic rings. The molecule has 1 amide bonds. The van der Waals surface area contributed by atoms with E-state index in [4.69, 9.17) is 5.26 Å². The van der Waals surface area contributed by atoms with E-state index in [1.165, 1.54) is 0 Å². The van der Waals surface area contributed by atoms with Crippen LogP contribution >= 0.6 is 0 Å². The molecule has 0 bridgehead atoms. The summed E-state index contributed by atoms with van der Waals surface area (Å²) >= 11 is 0. The summed E-state index contributed by atoms with van der Waals surface area (Å²) in [6, 6.07) is 11.0. The summed E-state index contributed by atoms with van der Waals surface area (Å²) in [5.41, 5.74) is 1.56. The number of nitriles is 1. The van der Waals surface area contributed by atoms with Crippen LogP contribution in [0.15, 0.2) is 36.5 Å². The third-order valence-electron chi connectivity index (χ3n) is 2.13. The summed E-state index contributed by atoms with van der Waals surface area (Å²) in [5.74, 6) is -0.300. The monoisotopic (exact) mass is 211 g/mol. The number of amides is 1. The lowest BCUT2D eigenvalue weighted by Crippen LogP contribution is -2.09. The first-order valence-corrected chi connectivity index (χ1v) is 4.81. The van der Waals surface area contributed by atoms with E-state index in [0.29, 0.717) is 5.69 Å². The molecule has 0 saturated heterocycles. The number of carbonyl (C=O) groups excluding carboxylic acids is 1. The predicted molar refractivity (Wildman–Crippen MR) is 60.6 cm³/mol. The molecule has 4 heteroatoms. The third kappa shape index (κ3) is 2.15. The van der Waals surface area contributed by atoms with Gasteiger partial charge in [0.1, 0.15) is 6.42 Å². The molecule has 16 heavy (non-hydrogen) atoms. The molecule has 0 aliphatic rings. The van der Waals surface area contributed by atoms with Gasteiger partial charge in [-0.05, 0) is 24.3 Å². The van der Waals surface area contributed by atoms with E-state index < -0.39 is 0 Å². The molecule has 4 nitrogen and oxygen atoms in total. The zero-order valence-electron chi connectivity index (χ0n) is 8.47. The standard InChI is InChI=1S/C12H9N3O/c13-6-5-12(16)15-10-3-4-11-9(8-10)2-1-7-14-11/h1-4,7-8H,5H2,(H,15,16). The van der Waals surface area contributed by atoms with Crippen molar-refractivity contribution in [3.8, 4) is 6.07 Å². The van der Waals surface area contributed by atoms with Crippen molar-refractivity contribution in [2.45, 2.75) is 6.42 Å². The van der Waals surface area contributed by atoms with Gasteiger partial charge in [0.15, 0.2) is 0 Å². The minimum atomic E-state index is -0.300. The summed E-state index contributed by atoms with van der Waals surface area (Å²) in [6.07, 6.45) is 1.58. The number of benzene rings is 1. The van der Waals surface area contributed by atoms with Crippen LogP contribution in [0.3, 0.4) is 0 Å². The SMILES string of the molecule is N#CCC(=O)Nc1ccc2ncccc2c1. The highest BCUT2D eigenvalue weighted by Gasteiger charge is 2.01. The molecule has 1 N–H and O–H groups in total. The van der Waals surface area contributed by atoms with Crippen LogP contribution in [0.25, 0.3) is 10.9 Å². The van der Waals surface area contributed by atoms with Crippen LogP contribution in [0.4, 0.5) is 5.69 Å². The van der Waals surface area contributed by atoms with E-state index in [9.17, 15) is 4.79 Å². The van der Waals surface area contributed by atoms with Crippen molar-refractivity contribution in [2.75, 3.05) is 5.32 Å². The van der Waals surface area contributed by atoms with Crippen molar-refractivity contribution in [2.24, 2.45) is 0 Å². The Morgan fingerprint density at radius 2 is 2.31 bits per heavy atom. The first-order valence-electron chi connectivity index (χ1n) is 4.81. The summed E-state index contributed by atoms with van der Waals surface area (Å²) in [5, 5.41) is 12.0. The van der Waals surface area contributed by atoms with Crippen molar-refractivity contribution in [1.82, 2.24) is 4.98 Å². The molecule has 0 radical (unpaired) electrons. The summed E-state index contributed by atoms with van der Waals surface area (Å²) in [4.78, 5) is 15.4.